The van der Waals surface area contributed by atoms with Gasteiger partial charge in [0.1, 0.15) is 6.07 Å². The molecule has 0 bridgehead atoms. The zero-order valence-electron chi connectivity index (χ0n) is 39.5. The molecule has 0 amide bonds. The summed E-state index contributed by atoms with van der Waals surface area (Å²) in [5.74, 6) is 0. The maximum atomic E-state index is 12.2. The van der Waals surface area contributed by atoms with Gasteiger partial charge in [-0.25, -0.2) is 4.85 Å². The van der Waals surface area contributed by atoms with E-state index in [0.29, 0.717) is 16.8 Å². The second-order valence-electron chi connectivity index (χ2n) is 18.8. The van der Waals surface area contributed by atoms with Crippen LogP contribution in [0.5, 0.6) is 0 Å². The fourth-order valence-corrected chi connectivity index (χ4v) is 14.5. The van der Waals surface area contributed by atoms with Gasteiger partial charge in [0.05, 0.1) is 55.0 Å². The van der Waals surface area contributed by atoms with Crippen molar-refractivity contribution in [3.05, 3.63) is 248 Å². The molecule has 0 fully saturated rings. The molecule has 4 aromatic heterocycles. The molecule has 0 spiro atoms. The zero-order chi connectivity index (χ0) is 49.0. The Morgan fingerprint density at radius 1 is 0.378 bits per heavy atom. The predicted molar refractivity (Wildman–Crippen MR) is 314 cm³/mol. The first-order chi connectivity index (χ1) is 36.7. The molecular formula is C68H38N4S2. The summed E-state index contributed by atoms with van der Waals surface area (Å²) in [6.45, 7) is 9.41. The molecule has 0 N–H and O–H groups in total. The predicted octanol–water partition coefficient (Wildman–Crippen LogP) is 19.7. The molecule has 0 aliphatic heterocycles. The number of rotatable bonds is 6. The fraction of sp³-hybridized carbons (Fsp3) is 0. The molecule has 0 atom stereocenters. The van der Waals surface area contributed by atoms with Crippen LogP contribution in [0.2, 0.25) is 0 Å². The second-order valence-corrected chi connectivity index (χ2v) is 20.9. The van der Waals surface area contributed by atoms with Crippen molar-refractivity contribution in [2.24, 2.45) is 0 Å². The van der Waals surface area contributed by atoms with E-state index in [4.69, 9.17) is 0 Å². The van der Waals surface area contributed by atoms with Crippen molar-refractivity contribution >= 4 is 112 Å². The number of fused-ring (bicyclic) bond motifs is 14. The van der Waals surface area contributed by atoms with Crippen molar-refractivity contribution in [1.29, 1.82) is 5.26 Å². The largest absolute Gasteiger partial charge is 0.318 e. The van der Waals surface area contributed by atoms with Crippen LogP contribution in [-0.2, 0) is 0 Å². The van der Waals surface area contributed by atoms with E-state index in [9.17, 15) is 11.8 Å². The normalized spacial score (nSPS) is 11.8. The SMILES string of the molecule is [C-]#[N+]c1c(-c2ccccc2)c(C#N)c(-n2c3c(ccc4c5ccccc5sc43)c3ccc4c5cccc(-c6ccccc6)c5sc4c32)c(-c2ccccc2)c1-n1c2ccccc2c2cc(-c3ccccc3)ccc21. The third kappa shape index (κ3) is 6.05. The molecule has 11 aromatic carbocycles. The molecule has 15 rings (SSSR count). The summed E-state index contributed by atoms with van der Waals surface area (Å²) in [4.78, 5) is 4.59. The highest BCUT2D eigenvalue weighted by Gasteiger charge is 2.33. The van der Waals surface area contributed by atoms with Crippen LogP contribution >= 0.6 is 22.7 Å². The first kappa shape index (κ1) is 42.2. The van der Waals surface area contributed by atoms with Gasteiger partial charge in [-0.15, -0.1) is 22.7 Å². The summed E-state index contributed by atoms with van der Waals surface area (Å²) in [5.41, 5.74) is 14.1. The van der Waals surface area contributed by atoms with Gasteiger partial charge in [-0.3, -0.25) is 0 Å². The Hall–Kier alpha value is -9.56. The van der Waals surface area contributed by atoms with Crippen LogP contribution in [0.4, 0.5) is 5.69 Å². The van der Waals surface area contributed by atoms with E-state index in [1.54, 1.807) is 11.3 Å². The first-order valence-electron chi connectivity index (χ1n) is 24.7. The average molecular weight is 975 g/mol. The molecule has 0 radical (unpaired) electrons. The summed E-state index contributed by atoms with van der Waals surface area (Å²) < 4.78 is 9.46. The standard InChI is InChI=1S/C68H38N4S2/c1-70-61-59(43-23-10-4-11-24-43)55(40-69)62(60(44-25-12-5-13-26-44)65(61)71-56-31-16-14-27-47(56)54-39-45(33-38-57(54)71)41-19-6-2-7-20-41)72-63-49(34-36-52-48-28-15-17-32-58(48)73-67(52)63)50-35-37-53-51-30-18-29-46(42-21-8-3-9-22-42)66(51)74-68(53)64(50)72/h2-39H. The van der Waals surface area contributed by atoms with Gasteiger partial charge in [0.2, 0.25) is 5.69 Å². The van der Waals surface area contributed by atoms with Crippen LogP contribution in [-0.4, -0.2) is 9.13 Å². The van der Waals surface area contributed by atoms with Gasteiger partial charge in [-0.05, 0) is 57.6 Å². The minimum absolute atomic E-state index is 0.414. The van der Waals surface area contributed by atoms with Crippen molar-refractivity contribution < 1.29 is 0 Å². The van der Waals surface area contributed by atoms with Crippen LogP contribution in [0.3, 0.4) is 0 Å². The van der Waals surface area contributed by atoms with E-state index in [2.05, 4.69) is 214 Å². The van der Waals surface area contributed by atoms with E-state index in [1.165, 1.54) is 36.7 Å². The highest BCUT2D eigenvalue weighted by Crippen LogP contribution is 2.55. The monoisotopic (exact) mass is 974 g/mol. The van der Waals surface area contributed by atoms with Crippen LogP contribution in [0.15, 0.2) is 231 Å². The van der Waals surface area contributed by atoms with Crippen LogP contribution < -0.4 is 0 Å². The number of hydrogen-bond acceptors (Lipinski definition) is 3. The van der Waals surface area contributed by atoms with Gasteiger partial charge in [0.25, 0.3) is 0 Å². The summed E-state index contributed by atoms with van der Waals surface area (Å²) in [6.07, 6.45) is 0. The lowest BCUT2D eigenvalue weighted by atomic mass is 9.88. The molecule has 4 heterocycles. The number of aromatic nitrogens is 2. The van der Waals surface area contributed by atoms with Crippen molar-refractivity contribution in [3.63, 3.8) is 0 Å². The lowest BCUT2D eigenvalue weighted by molar-refractivity contribution is 1.14. The Morgan fingerprint density at radius 2 is 0.905 bits per heavy atom. The Labute approximate surface area is 433 Å². The molecule has 0 unspecified atom stereocenters. The number of benzene rings is 11. The molecule has 0 aliphatic rings. The third-order valence-electron chi connectivity index (χ3n) is 15.0. The maximum Gasteiger partial charge on any atom is 0.220 e. The average Bonchev–Trinajstić information content (AvgIpc) is 4.23. The Balaban J connectivity index is 1.21. The zero-order valence-corrected chi connectivity index (χ0v) is 41.2. The smallest absolute Gasteiger partial charge is 0.220 e. The van der Waals surface area contributed by atoms with Gasteiger partial charge in [-0.1, -0.05) is 206 Å². The van der Waals surface area contributed by atoms with E-state index in [-0.39, 0.29) is 0 Å². The van der Waals surface area contributed by atoms with Crippen molar-refractivity contribution in [2.45, 2.75) is 0 Å². The first-order valence-corrected chi connectivity index (χ1v) is 26.3. The number of nitriles is 1. The van der Waals surface area contributed by atoms with Gasteiger partial charge in [-0.2, -0.15) is 5.26 Å². The number of hydrogen-bond donors (Lipinski definition) is 0. The Kier molecular flexibility index (Phi) is 9.40. The topological polar surface area (TPSA) is 38.0 Å². The molecular weight excluding hydrogens is 937 g/mol. The molecule has 342 valence electrons. The minimum Gasteiger partial charge on any atom is -0.318 e. The molecule has 74 heavy (non-hydrogen) atoms. The number of nitrogens with zero attached hydrogens (tertiary/aromatic N) is 4. The van der Waals surface area contributed by atoms with Gasteiger partial charge in [0.15, 0.2) is 0 Å². The molecule has 15 aromatic rings. The lowest BCUT2D eigenvalue weighted by Crippen LogP contribution is -2.09. The maximum absolute atomic E-state index is 12.2. The van der Waals surface area contributed by atoms with Crippen molar-refractivity contribution in [1.82, 2.24) is 9.13 Å². The Bertz CT molecular complexity index is 4890. The summed E-state index contributed by atoms with van der Waals surface area (Å²) in [7, 11) is 0. The van der Waals surface area contributed by atoms with Gasteiger partial charge in [0, 0.05) is 63.6 Å². The number of para-hydroxylation sites is 1. The van der Waals surface area contributed by atoms with E-state index in [0.717, 1.165) is 97.6 Å². The molecule has 4 nitrogen and oxygen atoms in total. The summed E-state index contributed by atoms with van der Waals surface area (Å²) in [5, 5.41) is 21.3. The number of thiophene rings is 2. The van der Waals surface area contributed by atoms with Crippen LogP contribution in [0.25, 0.3) is 145 Å². The highest BCUT2D eigenvalue weighted by atomic mass is 32.1. The molecule has 6 heteroatoms. The van der Waals surface area contributed by atoms with E-state index < -0.39 is 0 Å². The van der Waals surface area contributed by atoms with E-state index in [1.807, 2.05) is 47.7 Å². The highest BCUT2D eigenvalue weighted by molar-refractivity contribution is 7.27. The van der Waals surface area contributed by atoms with Crippen molar-refractivity contribution in [3.8, 4) is 62.0 Å². The fourth-order valence-electron chi connectivity index (χ4n) is 11.8. The third-order valence-corrected chi connectivity index (χ3v) is 17.4. The quantitative estimate of drug-likeness (QED) is 0.153. The second kappa shape index (κ2) is 16.5. The van der Waals surface area contributed by atoms with E-state index >= 15 is 0 Å². The lowest BCUT2D eigenvalue weighted by Gasteiger charge is -2.26. The van der Waals surface area contributed by atoms with Gasteiger partial charge < -0.3 is 9.13 Å². The minimum atomic E-state index is 0.414. The van der Waals surface area contributed by atoms with Gasteiger partial charge >= 0.3 is 0 Å². The molecule has 0 aliphatic carbocycles. The summed E-state index contributed by atoms with van der Waals surface area (Å²) >= 11 is 3.62. The molecule has 0 saturated carbocycles. The van der Waals surface area contributed by atoms with Crippen LogP contribution in [0.1, 0.15) is 5.56 Å². The summed E-state index contributed by atoms with van der Waals surface area (Å²) in [6, 6.07) is 84.4. The molecule has 0 saturated heterocycles. The van der Waals surface area contributed by atoms with Crippen molar-refractivity contribution in [2.75, 3.05) is 0 Å². The Morgan fingerprint density at radius 3 is 1.58 bits per heavy atom. The van der Waals surface area contributed by atoms with Crippen LogP contribution in [0, 0.1) is 17.9 Å².